The number of rotatable bonds is 6. The van der Waals surface area contributed by atoms with Gasteiger partial charge in [-0.25, -0.2) is 4.79 Å². The summed E-state index contributed by atoms with van der Waals surface area (Å²) in [6, 6.07) is 2.82. The first kappa shape index (κ1) is 15.5. The maximum Gasteiger partial charge on any atom is 0.345 e. The summed E-state index contributed by atoms with van der Waals surface area (Å²) in [5.41, 5.74) is -1.37. The van der Waals surface area contributed by atoms with Crippen LogP contribution in [0.1, 0.15) is 30.6 Å². The fourth-order valence-electron chi connectivity index (χ4n) is 1.42. The van der Waals surface area contributed by atoms with Gasteiger partial charge in [-0.15, -0.1) is 0 Å². The molecule has 1 rings (SSSR count). The van der Waals surface area contributed by atoms with E-state index < -0.39 is 27.2 Å². The molecule has 1 aromatic carbocycles. The van der Waals surface area contributed by atoms with Crippen molar-refractivity contribution in [2.45, 2.75) is 20.3 Å². The van der Waals surface area contributed by atoms with Gasteiger partial charge in [-0.1, -0.05) is 13.8 Å². The fraction of sp³-hybridized carbons (Fsp3) is 0.417. The second-order valence-corrected chi connectivity index (χ2v) is 4.53. The lowest BCUT2D eigenvalue weighted by molar-refractivity contribution is -0.394. The van der Waals surface area contributed by atoms with E-state index in [0.717, 1.165) is 18.2 Å². The van der Waals surface area contributed by atoms with Gasteiger partial charge in [-0.3, -0.25) is 20.2 Å². The van der Waals surface area contributed by atoms with Crippen LogP contribution in [0.3, 0.4) is 0 Å². The molecule has 0 bridgehead atoms. The van der Waals surface area contributed by atoms with Gasteiger partial charge < -0.3 is 4.74 Å². The summed E-state index contributed by atoms with van der Waals surface area (Å²) in [5, 5.41) is 21.4. The Kier molecular flexibility index (Phi) is 5.13. The summed E-state index contributed by atoms with van der Waals surface area (Å²) in [6.45, 7) is 4.04. The van der Waals surface area contributed by atoms with Gasteiger partial charge in [0.05, 0.1) is 22.5 Å². The number of esters is 1. The highest BCUT2D eigenvalue weighted by Crippen LogP contribution is 2.25. The van der Waals surface area contributed by atoms with Gasteiger partial charge in [0.2, 0.25) is 0 Å². The Morgan fingerprint density at radius 3 is 2.40 bits per heavy atom. The standard InChI is InChI=1S/C12H14N2O6/c1-8(2)5-6-20-12(15)10-4-3-9(13(16)17)7-11(10)14(18)19/h3-4,7-8H,5-6H2,1-2H3. The van der Waals surface area contributed by atoms with Gasteiger partial charge in [0.15, 0.2) is 0 Å². The number of benzene rings is 1. The SMILES string of the molecule is CC(C)CCOC(=O)c1ccc([N+](=O)[O-])cc1[N+](=O)[O-]. The molecule has 0 unspecified atom stereocenters. The van der Waals surface area contributed by atoms with Crippen LogP contribution >= 0.6 is 0 Å². The van der Waals surface area contributed by atoms with Crippen molar-refractivity contribution in [3.8, 4) is 0 Å². The maximum atomic E-state index is 11.7. The van der Waals surface area contributed by atoms with Crippen molar-refractivity contribution in [2.24, 2.45) is 5.92 Å². The van der Waals surface area contributed by atoms with Gasteiger partial charge in [-0.05, 0) is 18.4 Å². The van der Waals surface area contributed by atoms with Crippen molar-refractivity contribution in [1.29, 1.82) is 0 Å². The van der Waals surface area contributed by atoms with Gasteiger partial charge in [0.1, 0.15) is 5.56 Å². The molecule has 0 N–H and O–H groups in total. The zero-order chi connectivity index (χ0) is 15.3. The van der Waals surface area contributed by atoms with Crippen LogP contribution in [0.4, 0.5) is 11.4 Å². The van der Waals surface area contributed by atoms with Crippen molar-refractivity contribution in [2.75, 3.05) is 6.61 Å². The van der Waals surface area contributed by atoms with Crippen LogP contribution in [-0.4, -0.2) is 22.4 Å². The Morgan fingerprint density at radius 1 is 1.25 bits per heavy atom. The average molecular weight is 282 g/mol. The van der Waals surface area contributed by atoms with E-state index in [1.807, 2.05) is 13.8 Å². The maximum absolute atomic E-state index is 11.7. The molecule has 108 valence electrons. The molecule has 8 heteroatoms. The zero-order valence-corrected chi connectivity index (χ0v) is 11.1. The van der Waals surface area contributed by atoms with Crippen LogP contribution in [0.25, 0.3) is 0 Å². The topological polar surface area (TPSA) is 113 Å². The lowest BCUT2D eigenvalue weighted by Gasteiger charge is -2.07. The molecule has 0 atom stereocenters. The Bertz CT molecular complexity index is 541. The van der Waals surface area contributed by atoms with Gasteiger partial charge >= 0.3 is 5.97 Å². The van der Waals surface area contributed by atoms with Crippen molar-refractivity contribution in [1.82, 2.24) is 0 Å². The normalized spacial score (nSPS) is 10.3. The Balaban J connectivity index is 2.96. The first-order valence-corrected chi connectivity index (χ1v) is 5.93. The molecule has 0 radical (unpaired) electrons. The zero-order valence-electron chi connectivity index (χ0n) is 11.1. The minimum atomic E-state index is -0.854. The van der Waals surface area contributed by atoms with Crippen molar-refractivity contribution in [3.63, 3.8) is 0 Å². The van der Waals surface area contributed by atoms with Crippen LogP contribution in [-0.2, 0) is 4.74 Å². The molecular weight excluding hydrogens is 268 g/mol. The highest BCUT2D eigenvalue weighted by molar-refractivity contribution is 5.94. The summed E-state index contributed by atoms with van der Waals surface area (Å²) in [5.74, 6) is -0.526. The van der Waals surface area contributed by atoms with Gasteiger partial charge in [-0.2, -0.15) is 0 Å². The Hall–Kier alpha value is -2.51. The second-order valence-electron chi connectivity index (χ2n) is 4.53. The number of hydrogen-bond acceptors (Lipinski definition) is 6. The summed E-state index contributed by atoms with van der Waals surface area (Å²) < 4.78 is 4.92. The number of non-ortho nitro benzene ring substituents is 1. The highest BCUT2D eigenvalue weighted by Gasteiger charge is 2.25. The molecule has 0 aliphatic rings. The predicted molar refractivity (Wildman–Crippen MR) is 69.5 cm³/mol. The van der Waals surface area contributed by atoms with E-state index in [4.69, 9.17) is 4.74 Å². The molecule has 0 spiro atoms. The van der Waals surface area contributed by atoms with E-state index in [2.05, 4.69) is 0 Å². The number of nitrogens with zero attached hydrogens (tertiary/aromatic N) is 2. The van der Waals surface area contributed by atoms with Crippen LogP contribution in [0.5, 0.6) is 0 Å². The van der Waals surface area contributed by atoms with E-state index >= 15 is 0 Å². The van der Waals surface area contributed by atoms with Crippen molar-refractivity contribution < 1.29 is 19.4 Å². The molecular formula is C12H14N2O6. The van der Waals surface area contributed by atoms with E-state index in [1.54, 1.807) is 0 Å². The van der Waals surface area contributed by atoms with Crippen LogP contribution < -0.4 is 0 Å². The third kappa shape index (κ3) is 4.01. The quantitative estimate of drug-likeness (QED) is 0.450. The third-order valence-electron chi connectivity index (χ3n) is 2.54. The molecule has 0 saturated carbocycles. The first-order chi connectivity index (χ1) is 9.32. The highest BCUT2D eigenvalue weighted by atomic mass is 16.6. The Labute approximate surface area is 114 Å². The number of ether oxygens (including phenoxy) is 1. The monoisotopic (exact) mass is 282 g/mol. The molecule has 0 aromatic heterocycles. The van der Waals surface area contributed by atoms with Crippen molar-refractivity contribution >= 4 is 17.3 Å². The molecule has 0 heterocycles. The average Bonchev–Trinajstić information content (AvgIpc) is 2.37. The lowest BCUT2D eigenvalue weighted by Crippen LogP contribution is -2.10. The van der Waals surface area contributed by atoms with E-state index in [9.17, 15) is 25.0 Å². The number of carbonyl (C=O) groups is 1. The largest absolute Gasteiger partial charge is 0.462 e. The van der Waals surface area contributed by atoms with Gasteiger partial charge in [0, 0.05) is 6.07 Å². The van der Waals surface area contributed by atoms with E-state index in [0.29, 0.717) is 12.3 Å². The first-order valence-electron chi connectivity index (χ1n) is 5.93. The number of carbonyl (C=O) groups excluding carboxylic acids is 1. The van der Waals surface area contributed by atoms with E-state index in [-0.39, 0.29) is 12.2 Å². The number of nitro benzene ring substituents is 2. The molecule has 1 aromatic rings. The molecule has 20 heavy (non-hydrogen) atoms. The molecule has 8 nitrogen and oxygen atoms in total. The molecule has 0 saturated heterocycles. The smallest absolute Gasteiger partial charge is 0.345 e. The van der Waals surface area contributed by atoms with Gasteiger partial charge in [0.25, 0.3) is 11.4 Å². The minimum Gasteiger partial charge on any atom is -0.462 e. The second kappa shape index (κ2) is 6.60. The summed E-state index contributed by atoms with van der Waals surface area (Å²) in [4.78, 5) is 31.6. The molecule has 0 fully saturated rings. The van der Waals surface area contributed by atoms with E-state index in [1.165, 1.54) is 0 Å². The predicted octanol–water partition coefficient (Wildman–Crippen LogP) is 2.71. The number of hydrogen-bond donors (Lipinski definition) is 0. The summed E-state index contributed by atoms with van der Waals surface area (Å²) in [7, 11) is 0. The molecule has 0 amide bonds. The lowest BCUT2D eigenvalue weighted by atomic mass is 10.1. The third-order valence-corrected chi connectivity index (χ3v) is 2.54. The van der Waals surface area contributed by atoms with Crippen molar-refractivity contribution in [3.05, 3.63) is 44.0 Å². The fourth-order valence-corrected chi connectivity index (χ4v) is 1.42. The molecule has 0 aliphatic heterocycles. The summed E-state index contributed by atoms with van der Waals surface area (Å²) in [6.07, 6.45) is 0.631. The van der Waals surface area contributed by atoms with Crippen LogP contribution in [0.2, 0.25) is 0 Å². The summed E-state index contributed by atoms with van der Waals surface area (Å²) >= 11 is 0. The van der Waals surface area contributed by atoms with Crippen LogP contribution in [0.15, 0.2) is 18.2 Å². The number of nitro groups is 2. The molecule has 0 aliphatic carbocycles. The minimum absolute atomic E-state index is 0.143. The Morgan fingerprint density at radius 2 is 1.90 bits per heavy atom. The van der Waals surface area contributed by atoms with Crippen LogP contribution in [0, 0.1) is 26.1 Å².